The van der Waals surface area contributed by atoms with E-state index >= 15 is 0 Å². The molecule has 0 saturated carbocycles. The third-order valence-electron chi connectivity index (χ3n) is 2.90. The molecule has 0 amide bonds. The second-order valence-electron chi connectivity index (χ2n) is 4.76. The van der Waals surface area contributed by atoms with Crippen LogP contribution in [0.3, 0.4) is 0 Å². The van der Waals surface area contributed by atoms with Gasteiger partial charge in [-0.15, -0.1) is 0 Å². The molecule has 5 nitrogen and oxygen atoms in total. The molecule has 2 rings (SSSR count). The standard InChI is InChI=1S/C16H22N4O/c1-2-10-21-11-6-9-18-15-12-14(17)19-16(20-15)13-7-4-3-5-8-13/h3-5,7-8,12H,2,6,9-11H2,1H3,(H3,17,18,19,20). The van der Waals surface area contributed by atoms with Gasteiger partial charge in [-0.1, -0.05) is 37.3 Å². The molecule has 3 N–H and O–H groups in total. The number of aromatic nitrogens is 2. The molecular formula is C16H22N4O. The molecule has 0 aliphatic heterocycles. The number of nitrogens with two attached hydrogens (primary N) is 1. The van der Waals surface area contributed by atoms with Gasteiger partial charge in [-0.25, -0.2) is 9.97 Å². The van der Waals surface area contributed by atoms with Crippen molar-refractivity contribution in [2.24, 2.45) is 0 Å². The van der Waals surface area contributed by atoms with Crippen LogP contribution in [0.5, 0.6) is 0 Å². The summed E-state index contributed by atoms with van der Waals surface area (Å²) in [7, 11) is 0. The van der Waals surface area contributed by atoms with E-state index in [1.807, 2.05) is 30.3 Å². The molecule has 112 valence electrons. The van der Waals surface area contributed by atoms with Crippen molar-refractivity contribution in [1.29, 1.82) is 0 Å². The van der Waals surface area contributed by atoms with Crippen molar-refractivity contribution >= 4 is 11.6 Å². The Morgan fingerprint density at radius 3 is 2.71 bits per heavy atom. The zero-order chi connectivity index (χ0) is 14.9. The first-order valence-corrected chi connectivity index (χ1v) is 7.31. The van der Waals surface area contributed by atoms with E-state index in [9.17, 15) is 0 Å². The second-order valence-corrected chi connectivity index (χ2v) is 4.76. The summed E-state index contributed by atoms with van der Waals surface area (Å²) in [6.45, 7) is 4.48. The molecule has 1 aromatic carbocycles. The largest absolute Gasteiger partial charge is 0.384 e. The van der Waals surface area contributed by atoms with E-state index in [0.29, 0.717) is 11.6 Å². The normalized spacial score (nSPS) is 10.5. The van der Waals surface area contributed by atoms with Gasteiger partial charge in [0.2, 0.25) is 0 Å². The van der Waals surface area contributed by atoms with Gasteiger partial charge in [-0.3, -0.25) is 0 Å². The predicted octanol–water partition coefficient (Wildman–Crippen LogP) is 2.95. The third kappa shape index (κ3) is 5.04. The summed E-state index contributed by atoms with van der Waals surface area (Å²) in [6, 6.07) is 11.6. The van der Waals surface area contributed by atoms with E-state index in [4.69, 9.17) is 10.5 Å². The first-order chi connectivity index (χ1) is 10.3. The lowest BCUT2D eigenvalue weighted by Gasteiger charge is -2.08. The molecule has 5 heteroatoms. The Labute approximate surface area is 125 Å². The number of nitrogen functional groups attached to an aromatic ring is 1. The van der Waals surface area contributed by atoms with Gasteiger partial charge in [0.15, 0.2) is 5.82 Å². The summed E-state index contributed by atoms with van der Waals surface area (Å²) in [5.74, 6) is 1.85. The molecule has 2 aromatic rings. The van der Waals surface area contributed by atoms with Crippen molar-refractivity contribution < 1.29 is 4.74 Å². The van der Waals surface area contributed by atoms with Crippen molar-refractivity contribution in [3.63, 3.8) is 0 Å². The first kappa shape index (κ1) is 15.3. The van der Waals surface area contributed by atoms with Crippen molar-refractivity contribution in [2.75, 3.05) is 30.8 Å². The number of hydrogen-bond donors (Lipinski definition) is 2. The smallest absolute Gasteiger partial charge is 0.163 e. The molecule has 0 unspecified atom stereocenters. The number of hydrogen-bond acceptors (Lipinski definition) is 5. The second kappa shape index (κ2) is 8.21. The highest BCUT2D eigenvalue weighted by Crippen LogP contribution is 2.18. The number of anilines is 2. The molecule has 0 aliphatic rings. The van der Waals surface area contributed by atoms with Crippen LogP contribution >= 0.6 is 0 Å². The van der Waals surface area contributed by atoms with Gasteiger partial charge in [0.1, 0.15) is 11.6 Å². The molecule has 0 spiro atoms. The Morgan fingerprint density at radius 1 is 1.14 bits per heavy atom. The molecule has 0 atom stereocenters. The lowest BCUT2D eigenvalue weighted by molar-refractivity contribution is 0.134. The Balaban J connectivity index is 1.93. The van der Waals surface area contributed by atoms with Crippen LogP contribution < -0.4 is 11.1 Å². The Morgan fingerprint density at radius 2 is 1.95 bits per heavy atom. The fourth-order valence-electron chi connectivity index (χ4n) is 1.91. The highest BCUT2D eigenvalue weighted by atomic mass is 16.5. The van der Waals surface area contributed by atoms with Crippen LogP contribution in [-0.2, 0) is 4.74 Å². The van der Waals surface area contributed by atoms with Crippen LogP contribution in [0.1, 0.15) is 19.8 Å². The van der Waals surface area contributed by atoms with E-state index in [1.165, 1.54) is 0 Å². The molecule has 0 fully saturated rings. The van der Waals surface area contributed by atoms with E-state index in [2.05, 4.69) is 22.2 Å². The number of ether oxygens (including phenoxy) is 1. The number of benzene rings is 1. The van der Waals surface area contributed by atoms with E-state index in [0.717, 1.165) is 44.0 Å². The maximum atomic E-state index is 5.85. The van der Waals surface area contributed by atoms with Crippen molar-refractivity contribution in [2.45, 2.75) is 19.8 Å². The zero-order valence-corrected chi connectivity index (χ0v) is 12.4. The molecule has 21 heavy (non-hydrogen) atoms. The quantitative estimate of drug-likeness (QED) is 0.730. The summed E-state index contributed by atoms with van der Waals surface area (Å²) in [5, 5.41) is 3.26. The lowest BCUT2D eigenvalue weighted by Crippen LogP contribution is -2.09. The van der Waals surface area contributed by atoms with Crippen LogP contribution in [0, 0.1) is 0 Å². The zero-order valence-electron chi connectivity index (χ0n) is 12.4. The fraction of sp³-hybridized carbons (Fsp3) is 0.375. The molecule has 0 bridgehead atoms. The number of nitrogens with one attached hydrogen (secondary N) is 1. The number of rotatable bonds is 8. The summed E-state index contributed by atoms with van der Waals surface area (Å²) in [4.78, 5) is 8.77. The minimum absolute atomic E-state index is 0.466. The Hall–Kier alpha value is -2.14. The molecule has 0 saturated heterocycles. The topological polar surface area (TPSA) is 73.1 Å². The highest BCUT2D eigenvalue weighted by Gasteiger charge is 2.04. The maximum Gasteiger partial charge on any atom is 0.163 e. The van der Waals surface area contributed by atoms with Crippen molar-refractivity contribution in [3.05, 3.63) is 36.4 Å². The minimum Gasteiger partial charge on any atom is -0.384 e. The average Bonchev–Trinajstić information content (AvgIpc) is 2.51. The fourth-order valence-corrected chi connectivity index (χ4v) is 1.91. The Kier molecular flexibility index (Phi) is 5.97. The summed E-state index contributed by atoms with van der Waals surface area (Å²) < 4.78 is 5.44. The summed E-state index contributed by atoms with van der Waals surface area (Å²) >= 11 is 0. The van der Waals surface area contributed by atoms with Gasteiger partial charge in [-0.2, -0.15) is 0 Å². The van der Waals surface area contributed by atoms with Crippen molar-refractivity contribution in [1.82, 2.24) is 9.97 Å². The maximum absolute atomic E-state index is 5.85. The summed E-state index contributed by atoms with van der Waals surface area (Å²) in [6.07, 6.45) is 1.99. The molecule has 1 aromatic heterocycles. The third-order valence-corrected chi connectivity index (χ3v) is 2.90. The van der Waals surface area contributed by atoms with Gasteiger partial charge in [0, 0.05) is 31.4 Å². The van der Waals surface area contributed by atoms with Gasteiger partial charge in [0.25, 0.3) is 0 Å². The highest BCUT2D eigenvalue weighted by molar-refractivity contribution is 5.60. The first-order valence-electron chi connectivity index (χ1n) is 7.31. The predicted molar refractivity (Wildman–Crippen MR) is 86.1 cm³/mol. The van der Waals surface area contributed by atoms with Gasteiger partial charge in [-0.05, 0) is 12.8 Å². The average molecular weight is 286 g/mol. The van der Waals surface area contributed by atoms with E-state index in [1.54, 1.807) is 6.07 Å². The Bertz CT molecular complexity index is 545. The van der Waals surface area contributed by atoms with E-state index in [-0.39, 0.29) is 0 Å². The van der Waals surface area contributed by atoms with Crippen LogP contribution in [0.15, 0.2) is 36.4 Å². The van der Waals surface area contributed by atoms with E-state index < -0.39 is 0 Å². The molecule has 1 heterocycles. The van der Waals surface area contributed by atoms with Gasteiger partial charge < -0.3 is 15.8 Å². The van der Waals surface area contributed by atoms with Crippen LogP contribution in [-0.4, -0.2) is 29.7 Å². The SMILES string of the molecule is CCCOCCCNc1cc(N)nc(-c2ccccc2)n1. The van der Waals surface area contributed by atoms with Gasteiger partial charge in [0.05, 0.1) is 0 Å². The van der Waals surface area contributed by atoms with Crippen LogP contribution in [0.25, 0.3) is 11.4 Å². The monoisotopic (exact) mass is 286 g/mol. The van der Waals surface area contributed by atoms with Crippen LogP contribution in [0.4, 0.5) is 11.6 Å². The lowest BCUT2D eigenvalue weighted by atomic mass is 10.2. The molecular weight excluding hydrogens is 264 g/mol. The number of nitrogens with zero attached hydrogens (tertiary/aromatic N) is 2. The van der Waals surface area contributed by atoms with Gasteiger partial charge >= 0.3 is 0 Å². The van der Waals surface area contributed by atoms with Crippen LogP contribution in [0.2, 0.25) is 0 Å². The summed E-state index contributed by atoms with van der Waals surface area (Å²) in [5.41, 5.74) is 6.81. The molecule has 0 radical (unpaired) electrons. The molecule has 0 aliphatic carbocycles. The minimum atomic E-state index is 0.466. The van der Waals surface area contributed by atoms with Crippen molar-refractivity contribution in [3.8, 4) is 11.4 Å².